The van der Waals surface area contributed by atoms with Gasteiger partial charge in [-0.2, -0.15) is 0 Å². The summed E-state index contributed by atoms with van der Waals surface area (Å²) < 4.78 is 1.46. The number of imidazole rings is 1. The second-order valence-corrected chi connectivity index (χ2v) is 3.45. The summed E-state index contributed by atoms with van der Waals surface area (Å²) in [5, 5.41) is 2.87. The molecule has 1 aliphatic carbocycles. The molecule has 0 unspecified atom stereocenters. The van der Waals surface area contributed by atoms with Crippen LogP contribution < -0.4 is 5.32 Å². The van der Waals surface area contributed by atoms with Crippen LogP contribution in [0.3, 0.4) is 0 Å². The van der Waals surface area contributed by atoms with E-state index in [1.807, 2.05) is 0 Å². The summed E-state index contributed by atoms with van der Waals surface area (Å²) in [4.78, 5) is 15.2. The molecule has 4 heteroatoms. The van der Waals surface area contributed by atoms with Gasteiger partial charge in [0.1, 0.15) is 6.33 Å². The molecule has 0 spiro atoms. The van der Waals surface area contributed by atoms with E-state index in [1.54, 1.807) is 12.4 Å². The normalized spacial score (nSPS) is 16.6. The first-order valence-electron chi connectivity index (χ1n) is 4.62. The van der Waals surface area contributed by atoms with Gasteiger partial charge >= 0.3 is 6.03 Å². The number of aromatic nitrogens is 2. The third kappa shape index (κ3) is 1.88. The highest BCUT2D eigenvalue weighted by molar-refractivity contribution is 5.76. The highest BCUT2D eigenvalue weighted by Crippen LogP contribution is 2.25. The zero-order valence-corrected chi connectivity index (χ0v) is 7.44. The van der Waals surface area contributed by atoms with Crippen molar-refractivity contribution in [2.45, 2.75) is 19.3 Å². The van der Waals surface area contributed by atoms with Crippen LogP contribution in [0.4, 0.5) is 4.79 Å². The summed E-state index contributed by atoms with van der Waals surface area (Å²) in [5.74, 6) is 0.701. The van der Waals surface area contributed by atoms with E-state index in [-0.39, 0.29) is 6.03 Å². The van der Waals surface area contributed by atoms with Crippen LogP contribution in [0.15, 0.2) is 18.7 Å². The lowest BCUT2D eigenvalue weighted by Gasteiger charge is -2.25. The van der Waals surface area contributed by atoms with Crippen LogP contribution in [0.2, 0.25) is 0 Å². The average molecular weight is 179 g/mol. The number of hydrogen-bond acceptors (Lipinski definition) is 2. The van der Waals surface area contributed by atoms with Gasteiger partial charge in [-0.15, -0.1) is 0 Å². The van der Waals surface area contributed by atoms with Crippen molar-refractivity contribution < 1.29 is 4.79 Å². The summed E-state index contributed by atoms with van der Waals surface area (Å²) in [7, 11) is 0. The smallest absolute Gasteiger partial charge is 0.326 e. The summed E-state index contributed by atoms with van der Waals surface area (Å²) in [6, 6.07) is -0.0793. The Hall–Kier alpha value is -1.32. The Morgan fingerprint density at radius 2 is 2.46 bits per heavy atom. The molecule has 4 nitrogen and oxygen atoms in total. The lowest BCUT2D eigenvalue weighted by molar-refractivity contribution is 0.234. The number of rotatable bonds is 2. The maximum absolute atomic E-state index is 11.4. The Bertz CT molecular complexity index is 277. The Morgan fingerprint density at radius 1 is 1.62 bits per heavy atom. The van der Waals surface area contributed by atoms with E-state index >= 15 is 0 Å². The molecule has 1 heterocycles. The van der Waals surface area contributed by atoms with Crippen molar-refractivity contribution in [3.63, 3.8) is 0 Å². The van der Waals surface area contributed by atoms with Gasteiger partial charge in [-0.05, 0) is 18.8 Å². The van der Waals surface area contributed by atoms with Gasteiger partial charge in [0.25, 0.3) is 0 Å². The summed E-state index contributed by atoms with van der Waals surface area (Å²) in [5.41, 5.74) is 0. The first kappa shape index (κ1) is 8.29. The van der Waals surface area contributed by atoms with Gasteiger partial charge in [-0.1, -0.05) is 6.42 Å². The minimum Gasteiger partial charge on any atom is -0.337 e. The molecule has 1 fully saturated rings. The van der Waals surface area contributed by atoms with E-state index in [0.29, 0.717) is 5.92 Å². The molecule has 2 rings (SSSR count). The summed E-state index contributed by atoms with van der Waals surface area (Å²) in [6.07, 6.45) is 8.58. The van der Waals surface area contributed by atoms with Gasteiger partial charge in [-0.25, -0.2) is 9.78 Å². The monoisotopic (exact) mass is 179 g/mol. The lowest BCUT2D eigenvalue weighted by Crippen LogP contribution is -2.34. The molecular weight excluding hydrogens is 166 g/mol. The van der Waals surface area contributed by atoms with Crippen molar-refractivity contribution in [2.75, 3.05) is 6.54 Å². The first-order valence-corrected chi connectivity index (χ1v) is 4.62. The predicted octanol–water partition coefficient (Wildman–Crippen LogP) is 1.24. The van der Waals surface area contributed by atoms with Crippen molar-refractivity contribution >= 4 is 6.03 Å². The lowest BCUT2D eigenvalue weighted by atomic mass is 9.85. The molecule has 70 valence electrons. The molecule has 1 aliphatic rings. The fourth-order valence-corrected chi connectivity index (χ4v) is 1.40. The topological polar surface area (TPSA) is 46.9 Å². The molecule has 0 bridgehead atoms. The zero-order valence-electron chi connectivity index (χ0n) is 7.44. The van der Waals surface area contributed by atoms with E-state index in [9.17, 15) is 4.79 Å². The number of carbonyl (C=O) groups excluding carboxylic acids is 1. The number of carbonyl (C=O) groups is 1. The SMILES string of the molecule is O=C(NCC1CCC1)n1ccnc1. The van der Waals surface area contributed by atoms with E-state index in [0.717, 1.165) is 6.54 Å². The number of nitrogens with one attached hydrogen (secondary N) is 1. The fraction of sp³-hybridized carbons (Fsp3) is 0.556. The van der Waals surface area contributed by atoms with Crippen molar-refractivity contribution in [2.24, 2.45) is 5.92 Å². The third-order valence-electron chi connectivity index (χ3n) is 2.51. The van der Waals surface area contributed by atoms with Crippen molar-refractivity contribution in [3.8, 4) is 0 Å². The molecule has 0 aliphatic heterocycles. The second-order valence-electron chi connectivity index (χ2n) is 3.45. The van der Waals surface area contributed by atoms with Crippen LogP contribution in [0.25, 0.3) is 0 Å². The molecule has 1 saturated carbocycles. The van der Waals surface area contributed by atoms with Crippen molar-refractivity contribution in [1.29, 1.82) is 0 Å². The van der Waals surface area contributed by atoms with Crippen molar-refractivity contribution in [1.82, 2.24) is 14.9 Å². The number of hydrogen-bond donors (Lipinski definition) is 1. The van der Waals surface area contributed by atoms with Crippen LogP contribution in [0.1, 0.15) is 19.3 Å². The molecule has 13 heavy (non-hydrogen) atoms. The molecule has 1 aromatic rings. The fourth-order valence-electron chi connectivity index (χ4n) is 1.40. The van der Waals surface area contributed by atoms with Crippen LogP contribution in [0, 0.1) is 5.92 Å². The van der Waals surface area contributed by atoms with Gasteiger partial charge in [0.15, 0.2) is 0 Å². The maximum Gasteiger partial charge on any atom is 0.326 e. The quantitative estimate of drug-likeness (QED) is 0.742. The standard InChI is InChI=1S/C9H13N3O/c13-9(12-5-4-10-7-12)11-6-8-2-1-3-8/h4-5,7-8H,1-3,6H2,(H,11,13). The Kier molecular flexibility index (Phi) is 2.29. The second kappa shape index (κ2) is 3.60. The summed E-state index contributed by atoms with van der Waals surface area (Å²) in [6.45, 7) is 0.803. The molecule has 0 radical (unpaired) electrons. The first-order chi connectivity index (χ1) is 6.36. The van der Waals surface area contributed by atoms with Gasteiger partial charge in [0.05, 0.1) is 0 Å². The van der Waals surface area contributed by atoms with E-state index in [4.69, 9.17) is 0 Å². The van der Waals surface area contributed by atoms with Crippen LogP contribution in [-0.2, 0) is 0 Å². The minimum atomic E-state index is -0.0793. The highest BCUT2D eigenvalue weighted by atomic mass is 16.2. The highest BCUT2D eigenvalue weighted by Gasteiger charge is 2.17. The average Bonchev–Trinajstić information content (AvgIpc) is 2.52. The van der Waals surface area contributed by atoms with Crippen LogP contribution in [0.5, 0.6) is 0 Å². The molecule has 0 saturated heterocycles. The molecule has 0 aromatic carbocycles. The minimum absolute atomic E-state index is 0.0793. The van der Waals surface area contributed by atoms with E-state index < -0.39 is 0 Å². The molecular formula is C9H13N3O. The molecule has 1 aromatic heterocycles. The third-order valence-corrected chi connectivity index (χ3v) is 2.51. The zero-order chi connectivity index (χ0) is 9.10. The maximum atomic E-state index is 11.4. The molecule has 1 N–H and O–H groups in total. The van der Waals surface area contributed by atoms with Gasteiger partial charge in [0, 0.05) is 18.9 Å². The van der Waals surface area contributed by atoms with Gasteiger partial charge in [-0.3, -0.25) is 4.57 Å². The molecule has 1 amide bonds. The molecule has 0 atom stereocenters. The Morgan fingerprint density at radius 3 is 3.00 bits per heavy atom. The van der Waals surface area contributed by atoms with E-state index in [1.165, 1.54) is 30.2 Å². The summed E-state index contributed by atoms with van der Waals surface area (Å²) >= 11 is 0. The van der Waals surface area contributed by atoms with Crippen LogP contribution in [-0.4, -0.2) is 22.1 Å². The number of amides is 1. The van der Waals surface area contributed by atoms with Crippen LogP contribution >= 0.6 is 0 Å². The Balaban J connectivity index is 1.78. The largest absolute Gasteiger partial charge is 0.337 e. The van der Waals surface area contributed by atoms with Crippen molar-refractivity contribution in [3.05, 3.63) is 18.7 Å². The number of nitrogens with zero attached hydrogens (tertiary/aromatic N) is 2. The predicted molar refractivity (Wildman–Crippen MR) is 48.4 cm³/mol. The van der Waals surface area contributed by atoms with E-state index in [2.05, 4.69) is 10.3 Å². The van der Waals surface area contributed by atoms with Gasteiger partial charge < -0.3 is 5.32 Å². The Labute approximate surface area is 77.0 Å². The van der Waals surface area contributed by atoms with Gasteiger partial charge in [0.2, 0.25) is 0 Å².